The first-order valence-electron chi connectivity index (χ1n) is 21.4. The Morgan fingerprint density at radius 1 is 0.985 bits per heavy atom. The maximum Gasteiger partial charge on any atom is 0.290 e. The lowest BCUT2D eigenvalue weighted by Crippen LogP contribution is -2.62. The number of methoxy groups -OCH3 is 1. The van der Waals surface area contributed by atoms with Crippen LogP contribution in [0.2, 0.25) is 0 Å². The second kappa shape index (κ2) is 25.0. The Morgan fingerprint density at radius 3 is 2.39 bits per heavy atom. The molecule has 9 atom stereocenters. The third kappa shape index (κ3) is 14.6. The first-order chi connectivity index (χ1) is 31.8. The summed E-state index contributed by atoms with van der Waals surface area (Å²) >= 11 is 4.58. The van der Waals surface area contributed by atoms with E-state index in [4.69, 9.17) is 4.74 Å². The number of thiazole rings is 1. The molecule has 364 valence electrons. The third-order valence-electron chi connectivity index (χ3n) is 11.1. The number of ether oxygens (including phenoxy) is 1. The van der Waals surface area contributed by atoms with Crippen molar-refractivity contribution in [2.24, 2.45) is 11.8 Å². The molecule has 67 heavy (non-hydrogen) atoms. The number of aliphatic hydroxyl groups excluding tert-OH is 1. The van der Waals surface area contributed by atoms with E-state index >= 15 is 0 Å². The number of nitrogens with zero attached hydrogens (tertiary/aromatic N) is 1. The zero-order valence-corrected chi connectivity index (χ0v) is 40.1. The molecule has 3 aromatic rings. The number of phenols is 1. The minimum atomic E-state index is -1.74. The number of H-pyrrole nitrogens is 1. The molecule has 1 aliphatic rings. The highest BCUT2D eigenvalue weighted by Crippen LogP contribution is 2.30. The van der Waals surface area contributed by atoms with Crippen molar-refractivity contribution in [3.05, 3.63) is 50.5 Å². The fraction of sp³-hybridized carbons (Fsp3) is 0.488. The van der Waals surface area contributed by atoms with E-state index in [1.807, 2.05) is 0 Å². The number of fused-ring (bicyclic) bond motifs is 3. The average Bonchev–Trinajstić information content (AvgIpc) is 3.90. The lowest BCUT2D eigenvalue weighted by Gasteiger charge is -2.29. The summed E-state index contributed by atoms with van der Waals surface area (Å²) in [6.07, 6.45) is 1.54. The highest BCUT2D eigenvalue weighted by Gasteiger charge is 2.36. The molecule has 2 aromatic heterocycles. The number of Topliss-reactive ketones (excluding diaryl/α,β-unsaturated/α-hetero) is 1. The van der Waals surface area contributed by atoms with Gasteiger partial charge in [-0.05, 0) is 64.5 Å². The van der Waals surface area contributed by atoms with Gasteiger partial charge in [-0.2, -0.15) is 0 Å². The van der Waals surface area contributed by atoms with E-state index in [1.54, 1.807) is 39.1 Å². The Labute approximate surface area is 398 Å². The lowest BCUT2D eigenvalue weighted by atomic mass is 9.94. The van der Waals surface area contributed by atoms with Gasteiger partial charge in [-0.1, -0.05) is 40.5 Å². The SMILES string of the molecule is CCC(C)[C@H](NC(=O)[C@H](O)CNC=O)C(=O)N[C@H]1CNC(=O)[C@H](Cc2c(Br)[nH]c3ccc(O)cc23)NC(=O)/C=C/c2csc(n2)[C@H](COC)NC(=O)C(=O)[C@@H](C(C)CC)NC(=O)[C@H](C)NC1=O. The van der Waals surface area contributed by atoms with Gasteiger partial charge in [0.25, 0.3) is 11.8 Å². The van der Waals surface area contributed by atoms with Crippen LogP contribution in [0.15, 0.2) is 34.3 Å². The number of hydrogen-bond donors (Lipinski definition) is 11. The molecule has 1 aliphatic heterocycles. The number of aromatic amines is 1. The van der Waals surface area contributed by atoms with Crippen LogP contribution < -0.4 is 42.5 Å². The van der Waals surface area contributed by atoms with Crippen molar-refractivity contribution in [2.75, 3.05) is 26.8 Å². The van der Waals surface area contributed by atoms with Crippen LogP contribution in [0.25, 0.3) is 17.0 Å². The first-order valence-corrected chi connectivity index (χ1v) is 23.1. The van der Waals surface area contributed by atoms with Crippen molar-refractivity contribution < 1.29 is 58.1 Å². The van der Waals surface area contributed by atoms with Gasteiger partial charge in [0, 0.05) is 42.4 Å². The van der Waals surface area contributed by atoms with Crippen molar-refractivity contribution in [1.82, 2.24) is 52.5 Å². The second-order valence-electron chi connectivity index (χ2n) is 16.0. The zero-order valence-electron chi connectivity index (χ0n) is 37.7. The van der Waals surface area contributed by atoms with Crippen molar-refractivity contribution in [3.8, 4) is 5.75 Å². The van der Waals surface area contributed by atoms with Crippen LogP contribution in [0.3, 0.4) is 0 Å². The quantitative estimate of drug-likeness (QED) is 0.0677. The van der Waals surface area contributed by atoms with Crippen LogP contribution in [-0.2, 0) is 54.3 Å². The lowest BCUT2D eigenvalue weighted by molar-refractivity contribution is -0.142. The van der Waals surface area contributed by atoms with Gasteiger partial charge in [-0.3, -0.25) is 43.2 Å². The number of aliphatic hydroxyl groups is 1. The number of rotatable bonds is 15. The smallest absolute Gasteiger partial charge is 0.290 e. The number of benzene rings is 1. The maximum absolute atomic E-state index is 14.2. The van der Waals surface area contributed by atoms with Crippen LogP contribution in [0.1, 0.15) is 69.8 Å². The van der Waals surface area contributed by atoms with Crippen molar-refractivity contribution in [1.29, 1.82) is 0 Å². The van der Waals surface area contributed by atoms with Crippen LogP contribution >= 0.6 is 27.3 Å². The van der Waals surface area contributed by atoms with Crippen molar-refractivity contribution in [2.45, 2.75) is 96.2 Å². The van der Waals surface area contributed by atoms with E-state index in [1.165, 1.54) is 32.2 Å². The van der Waals surface area contributed by atoms with E-state index < -0.39 is 114 Å². The largest absolute Gasteiger partial charge is 0.508 e. The van der Waals surface area contributed by atoms with Gasteiger partial charge in [0.2, 0.25) is 41.7 Å². The predicted octanol–water partition coefficient (Wildman–Crippen LogP) is -0.506. The van der Waals surface area contributed by atoms with Gasteiger partial charge >= 0.3 is 0 Å². The molecule has 4 rings (SSSR count). The van der Waals surface area contributed by atoms with Crippen molar-refractivity contribution in [3.63, 3.8) is 0 Å². The molecular weight excluding hydrogens is 961 g/mol. The fourth-order valence-electron chi connectivity index (χ4n) is 6.81. The first kappa shape index (κ1) is 53.4. The Hall–Kier alpha value is -6.24. The number of hydrogen-bond acceptors (Lipinski definition) is 14. The Balaban J connectivity index is 1.77. The van der Waals surface area contributed by atoms with Gasteiger partial charge < -0.3 is 62.5 Å². The number of nitrogens with one attached hydrogen (secondary N) is 9. The molecule has 0 spiro atoms. The summed E-state index contributed by atoms with van der Waals surface area (Å²) in [6, 6.07) is -3.51. The predicted molar refractivity (Wildman–Crippen MR) is 248 cm³/mol. The van der Waals surface area contributed by atoms with Crippen molar-refractivity contribution >= 4 is 97.8 Å². The van der Waals surface area contributed by atoms with Gasteiger partial charge in [0.05, 0.1) is 29.5 Å². The van der Waals surface area contributed by atoms with Gasteiger partial charge in [-0.15, -0.1) is 11.3 Å². The van der Waals surface area contributed by atoms with Gasteiger partial charge in [-0.25, -0.2) is 4.98 Å². The van der Waals surface area contributed by atoms with Crippen LogP contribution in [0.5, 0.6) is 5.75 Å². The van der Waals surface area contributed by atoms with Gasteiger partial charge in [0.1, 0.15) is 47.1 Å². The summed E-state index contributed by atoms with van der Waals surface area (Å²) in [5.74, 6) is -8.64. The van der Waals surface area contributed by atoms with E-state index in [0.717, 1.165) is 17.4 Å². The molecule has 8 amide bonds. The summed E-state index contributed by atoms with van der Waals surface area (Å²) in [6.45, 7) is 6.84. The van der Waals surface area contributed by atoms with Gasteiger partial charge in [0.15, 0.2) is 0 Å². The highest BCUT2D eigenvalue weighted by molar-refractivity contribution is 9.10. The Kier molecular flexibility index (Phi) is 20.0. The molecule has 24 heteroatoms. The fourth-order valence-corrected chi connectivity index (χ4v) is 8.22. The molecule has 2 bridgehead atoms. The number of carbonyl (C=O) groups excluding carboxylic acids is 9. The van der Waals surface area contributed by atoms with E-state index in [0.29, 0.717) is 38.9 Å². The average molecular weight is 1020 g/mol. The summed E-state index contributed by atoms with van der Waals surface area (Å²) in [7, 11) is 1.39. The van der Waals surface area contributed by atoms with E-state index in [2.05, 4.69) is 68.4 Å². The van der Waals surface area contributed by atoms with E-state index in [-0.39, 0.29) is 30.9 Å². The molecule has 2 unspecified atom stereocenters. The summed E-state index contributed by atoms with van der Waals surface area (Å²) < 4.78 is 5.74. The van der Waals surface area contributed by atoms with E-state index in [9.17, 15) is 53.4 Å². The molecule has 11 N–H and O–H groups in total. The molecule has 0 fully saturated rings. The van der Waals surface area contributed by atoms with Crippen LogP contribution in [-0.4, -0.2) is 137 Å². The number of ketones is 1. The Bertz CT molecular complexity index is 2340. The highest BCUT2D eigenvalue weighted by atomic mass is 79.9. The summed E-state index contributed by atoms with van der Waals surface area (Å²) in [4.78, 5) is 128. The maximum atomic E-state index is 14.2. The normalized spacial score (nSPS) is 22.5. The minimum Gasteiger partial charge on any atom is -0.508 e. The second-order valence-corrected chi connectivity index (χ2v) is 17.7. The summed E-state index contributed by atoms with van der Waals surface area (Å²) in [5, 5.41) is 43.1. The van der Waals surface area contributed by atoms with Crippen LogP contribution in [0.4, 0.5) is 0 Å². The topological polar surface area (TPSA) is 328 Å². The number of aromatic nitrogens is 2. The molecule has 0 radical (unpaired) electrons. The summed E-state index contributed by atoms with van der Waals surface area (Å²) in [5.41, 5.74) is 1.37. The Morgan fingerprint density at radius 2 is 1.72 bits per heavy atom. The molecular formula is C43H57BrN10O12S. The molecule has 1 aromatic carbocycles. The zero-order chi connectivity index (χ0) is 49.5. The molecule has 0 saturated heterocycles. The monoisotopic (exact) mass is 1020 g/mol. The number of carbonyl (C=O) groups is 9. The number of phenolic OH excluding ortho intramolecular Hbond substituents is 1. The third-order valence-corrected chi connectivity index (χ3v) is 12.8. The number of aromatic hydroxyl groups is 1. The number of amides is 8. The molecule has 0 aliphatic carbocycles. The van der Waals surface area contributed by atoms with Crippen LogP contribution in [0, 0.1) is 11.8 Å². The molecule has 3 heterocycles. The molecule has 0 saturated carbocycles. The minimum absolute atomic E-state index is 0.0670. The number of halogens is 1. The molecule has 22 nitrogen and oxygen atoms in total. The standard InChI is InChI=1S/C43H57BrN10O12S/c1-7-20(3)33-35(59)42(65)52-30(17-66-6)43-48-23(18-67-43)9-12-32(58)49-28(14-26-25-13-24(56)10-11-27(25)50-36(26)44)38(61)46-15-29(39(62)47-22(5)37(60)53-33)51-41(64)34(21(4)8-2)54-40(63)31(57)16-45-19-55/h9-13,18-22,28-31,33-34,50,56-57H,7-8,14-17H2,1-6H3,(H,45,55)(H,46,61)(H,47,62)(H,49,58)(H,51,64)(H,52,65)(H,53,60)(H,54,63)/b12-9+/t20?,21?,22-,28-,29-,30-,31+,33+,34-/m0/s1.